The van der Waals surface area contributed by atoms with Crippen LogP contribution in [0.1, 0.15) is 5.56 Å². The smallest absolute Gasteiger partial charge is 0.334 e. The van der Waals surface area contributed by atoms with Crippen molar-refractivity contribution < 1.29 is 23.1 Å². The minimum Gasteiger partial charge on any atom is -0.479 e. The largest absolute Gasteiger partial charge is 0.479 e. The standard InChI is InChI=1S/C12H14N2O5S/c1-19-11(12(15)16)8-14-20(17,18)10-4-2-9(3-5-10)6-7-13/h2-5,11,14H,6,8H2,1H3,(H,15,16). The van der Waals surface area contributed by atoms with Crippen LogP contribution in [-0.2, 0) is 26.0 Å². The van der Waals surface area contributed by atoms with Gasteiger partial charge in [0, 0.05) is 13.7 Å². The maximum Gasteiger partial charge on any atom is 0.334 e. The van der Waals surface area contributed by atoms with Crippen molar-refractivity contribution in [2.45, 2.75) is 17.4 Å². The van der Waals surface area contributed by atoms with Gasteiger partial charge >= 0.3 is 5.97 Å². The Bertz CT molecular complexity index is 604. The molecule has 1 atom stereocenters. The Kier molecular flexibility index (Phi) is 5.64. The molecule has 1 rings (SSSR count). The zero-order chi connectivity index (χ0) is 15.2. The summed E-state index contributed by atoms with van der Waals surface area (Å²) < 4.78 is 30.6. The first-order chi connectivity index (χ1) is 9.40. The normalized spacial score (nSPS) is 12.6. The van der Waals surface area contributed by atoms with Crippen LogP contribution in [0.5, 0.6) is 0 Å². The van der Waals surface area contributed by atoms with Crippen LogP contribution < -0.4 is 4.72 Å². The third-order valence-electron chi connectivity index (χ3n) is 2.54. The van der Waals surface area contributed by atoms with Crippen molar-refractivity contribution in [2.24, 2.45) is 0 Å². The van der Waals surface area contributed by atoms with Crippen molar-refractivity contribution in [3.8, 4) is 6.07 Å². The Morgan fingerprint density at radius 1 is 1.45 bits per heavy atom. The summed E-state index contributed by atoms with van der Waals surface area (Å²) in [7, 11) is -2.62. The first kappa shape index (κ1) is 16.1. The van der Waals surface area contributed by atoms with Gasteiger partial charge in [0.15, 0.2) is 6.10 Å². The van der Waals surface area contributed by atoms with Crippen LogP contribution in [0.2, 0.25) is 0 Å². The van der Waals surface area contributed by atoms with Crippen molar-refractivity contribution in [2.75, 3.05) is 13.7 Å². The summed E-state index contributed by atoms with van der Waals surface area (Å²) in [5.74, 6) is -1.25. The molecule has 0 aliphatic rings. The maximum absolute atomic E-state index is 11.9. The minimum atomic E-state index is -3.81. The lowest BCUT2D eigenvalue weighted by atomic mass is 10.2. The van der Waals surface area contributed by atoms with E-state index in [4.69, 9.17) is 10.4 Å². The van der Waals surface area contributed by atoms with E-state index < -0.39 is 22.1 Å². The van der Waals surface area contributed by atoms with Gasteiger partial charge in [-0.1, -0.05) is 12.1 Å². The second kappa shape index (κ2) is 7.00. The van der Waals surface area contributed by atoms with E-state index in [1.54, 1.807) is 0 Å². The fourth-order valence-corrected chi connectivity index (χ4v) is 2.45. The highest BCUT2D eigenvalue weighted by atomic mass is 32.2. The average Bonchev–Trinajstić information content (AvgIpc) is 2.40. The number of carbonyl (C=O) groups is 1. The van der Waals surface area contributed by atoms with Crippen molar-refractivity contribution in [3.63, 3.8) is 0 Å². The fraction of sp³-hybridized carbons (Fsp3) is 0.333. The first-order valence-electron chi connectivity index (χ1n) is 5.62. The van der Waals surface area contributed by atoms with E-state index in [0.717, 1.165) is 0 Å². The van der Waals surface area contributed by atoms with Gasteiger partial charge in [0.2, 0.25) is 10.0 Å². The van der Waals surface area contributed by atoms with Gasteiger partial charge in [-0.05, 0) is 17.7 Å². The van der Waals surface area contributed by atoms with Crippen LogP contribution in [0.25, 0.3) is 0 Å². The van der Waals surface area contributed by atoms with Gasteiger partial charge in [-0.15, -0.1) is 0 Å². The Morgan fingerprint density at radius 3 is 2.50 bits per heavy atom. The molecular weight excluding hydrogens is 284 g/mol. The number of carboxylic acids is 1. The molecule has 0 saturated heterocycles. The highest BCUT2D eigenvalue weighted by molar-refractivity contribution is 7.89. The van der Waals surface area contributed by atoms with Crippen LogP contribution in [0, 0.1) is 11.3 Å². The Morgan fingerprint density at radius 2 is 2.05 bits per heavy atom. The Labute approximate surface area is 116 Å². The van der Waals surface area contributed by atoms with Crippen molar-refractivity contribution in [3.05, 3.63) is 29.8 Å². The van der Waals surface area contributed by atoms with Crippen LogP contribution in [0.15, 0.2) is 29.2 Å². The lowest BCUT2D eigenvalue weighted by Crippen LogP contribution is -2.37. The quantitative estimate of drug-likeness (QED) is 0.739. The number of sulfonamides is 1. The third-order valence-corrected chi connectivity index (χ3v) is 3.98. The average molecular weight is 298 g/mol. The molecule has 0 fully saturated rings. The van der Waals surface area contributed by atoms with E-state index in [2.05, 4.69) is 9.46 Å². The SMILES string of the molecule is COC(CNS(=O)(=O)c1ccc(CC#N)cc1)C(=O)O. The summed E-state index contributed by atoms with van der Waals surface area (Å²) in [5, 5.41) is 17.3. The number of aliphatic carboxylic acids is 1. The molecule has 1 aromatic rings. The number of nitrogens with zero attached hydrogens (tertiary/aromatic N) is 1. The summed E-state index contributed by atoms with van der Waals surface area (Å²) in [5.41, 5.74) is 0.701. The molecule has 0 bridgehead atoms. The zero-order valence-electron chi connectivity index (χ0n) is 10.7. The number of hydrogen-bond acceptors (Lipinski definition) is 5. The van der Waals surface area contributed by atoms with Gasteiger partial charge in [0.1, 0.15) is 0 Å². The Balaban J connectivity index is 2.78. The monoisotopic (exact) mass is 298 g/mol. The van der Waals surface area contributed by atoms with Gasteiger partial charge in [-0.3, -0.25) is 0 Å². The second-order valence-corrected chi connectivity index (χ2v) is 5.66. The van der Waals surface area contributed by atoms with E-state index in [1.165, 1.54) is 31.4 Å². The van der Waals surface area contributed by atoms with Crippen LogP contribution >= 0.6 is 0 Å². The lowest BCUT2D eigenvalue weighted by Gasteiger charge is -2.12. The molecule has 0 radical (unpaired) electrons. The molecule has 7 nitrogen and oxygen atoms in total. The molecule has 20 heavy (non-hydrogen) atoms. The number of nitrogens with one attached hydrogen (secondary N) is 1. The van der Waals surface area contributed by atoms with Gasteiger partial charge in [-0.25, -0.2) is 17.9 Å². The number of carboxylic acid groups (broad SMARTS) is 1. The van der Waals surface area contributed by atoms with Crippen molar-refractivity contribution in [1.82, 2.24) is 4.72 Å². The molecule has 0 aliphatic heterocycles. The molecule has 0 aliphatic carbocycles. The predicted octanol–water partition coefficient (Wildman–Crippen LogP) is 0.131. The molecule has 0 heterocycles. The molecule has 0 aromatic heterocycles. The van der Waals surface area contributed by atoms with Gasteiger partial charge < -0.3 is 9.84 Å². The summed E-state index contributed by atoms with van der Waals surface area (Å²) in [6.45, 7) is -0.367. The summed E-state index contributed by atoms with van der Waals surface area (Å²) >= 11 is 0. The number of ether oxygens (including phenoxy) is 1. The summed E-state index contributed by atoms with van der Waals surface area (Å²) in [6, 6.07) is 7.73. The zero-order valence-corrected chi connectivity index (χ0v) is 11.6. The topological polar surface area (TPSA) is 116 Å². The van der Waals surface area contributed by atoms with Crippen molar-refractivity contribution >= 4 is 16.0 Å². The molecule has 0 saturated carbocycles. The first-order valence-corrected chi connectivity index (χ1v) is 7.10. The highest BCUT2D eigenvalue weighted by Crippen LogP contribution is 2.11. The number of methoxy groups -OCH3 is 1. The van der Waals surface area contributed by atoms with Crippen LogP contribution in [-0.4, -0.2) is 39.3 Å². The summed E-state index contributed by atoms with van der Waals surface area (Å²) in [4.78, 5) is 10.7. The molecule has 1 unspecified atom stereocenters. The van der Waals surface area contributed by atoms with E-state index in [-0.39, 0.29) is 17.9 Å². The molecular formula is C12H14N2O5S. The number of hydrogen-bond donors (Lipinski definition) is 2. The number of nitriles is 1. The van der Waals surface area contributed by atoms with Crippen LogP contribution in [0.3, 0.4) is 0 Å². The van der Waals surface area contributed by atoms with Crippen LogP contribution in [0.4, 0.5) is 0 Å². The fourth-order valence-electron chi connectivity index (χ4n) is 1.42. The van der Waals surface area contributed by atoms with E-state index in [1.807, 2.05) is 6.07 Å². The van der Waals surface area contributed by atoms with E-state index in [0.29, 0.717) is 5.56 Å². The molecule has 0 spiro atoms. The molecule has 108 valence electrons. The number of benzene rings is 1. The minimum absolute atomic E-state index is 0.000526. The predicted molar refractivity (Wildman–Crippen MR) is 69.4 cm³/mol. The van der Waals surface area contributed by atoms with E-state index >= 15 is 0 Å². The molecule has 8 heteroatoms. The lowest BCUT2D eigenvalue weighted by molar-refractivity contribution is -0.147. The molecule has 2 N–H and O–H groups in total. The van der Waals surface area contributed by atoms with Gasteiger partial charge in [0.05, 0.1) is 17.4 Å². The number of rotatable bonds is 7. The van der Waals surface area contributed by atoms with Gasteiger partial charge in [-0.2, -0.15) is 5.26 Å². The molecule has 1 aromatic carbocycles. The van der Waals surface area contributed by atoms with Gasteiger partial charge in [0.25, 0.3) is 0 Å². The third kappa shape index (κ3) is 4.31. The maximum atomic E-state index is 11.9. The van der Waals surface area contributed by atoms with Crippen molar-refractivity contribution in [1.29, 1.82) is 5.26 Å². The highest BCUT2D eigenvalue weighted by Gasteiger charge is 2.21. The Hall–Kier alpha value is -1.95. The second-order valence-electron chi connectivity index (χ2n) is 3.89. The van der Waals surface area contributed by atoms with E-state index in [9.17, 15) is 13.2 Å². The summed E-state index contributed by atoms with van der Waals surface area (Å²) in [6.07, 6.45) is -1.05. The molecule has 0 amide bonds.